The number of hydrogen-bond acceptors (Lipinski definition) is 2. The Morgan fingerprint density at radius 3 is 2.57 bits per heavy atom. The molecule has 0 saturated heterocycles. The molecule has 0 amide bonds. The molecule has 0 bridgehead atoms. The largest absolute Gasteiger partial charge is 0.508 e. The summed E-state index contributed by atoms with van der Waals surface area (Å²) < 4.78 is 13.5. The molecule has 23 heavy (non-hydrogen) atoms. The molecule has 2 N–H and O–H groups in total. The lowest BCUT2D eigenvalue weighted by molar-refractivity contribution is 0.475. The molecular weight excluding hydrogens is 291 g/mol. The Bertz CT molecular complexity index is 1010. The van der Waals surface area contributed by atoms with Gasteiger partial charge in [-0.25, -0.2) is 9.37 Å². The van der Waals surface area contributed by atoms with E-state index < -0.39 is 0 Å². The number of aromatic amines is 1. The minimum Gasteiger partial charge on any atom is -0.508 e. The maximum Gasteiger partial charge on any atom is 0.137 e. The highest BCUT2D eigenvalue weighted by Crippen LogP contribution is 2.31. The summed E-state index contributed by atoms with van der Waals surface area (Å²) in [5, 5.41) is 10.6. The van der Waals surface area contributed by atoms with Crippen LogP contribution in [0.3, 0.4) is 0 Å². The Balaban J connectivity index is 1.90. The second kappa shape index (κ2) is 5.25. The summed E-state index contributed by atoms with van der Waals surface area (Å²) >= 11 is 0. The summed E-state index contributed by atoms with van der Waals surface area (Å²) in [5.41, 5.74) is 4.21. The molecule has 4 heteroatoms. The molecule has 0 radical (unpaired) electrons. The molecule has 2 aromatic heterocycles. The Kier molecular flexibility index (Phi) is 3.08. The number of rotatable bonds is 2. The molecular formula is C19H13FN2O. The van der Waals surface area contributed by atoms with E-state index in [2.05, 4.69) is 9.97 Å². The van der Waals surface area contributed by atoms with Crippen molar-refractivity contribution in [2.75, 3.05) is 0 Å². The van der Waals surface area contributed by atoms with E-state index in [0.717, 1.165) is 33.3 Å². The van der Waals surface area contributed by atoms with Gasteiger partial charge in [-0.15, -0.1) is 0 Å². The number of phenols is 1. The first-order valence-electron chi connectivity index (χ1n) is 7.23. The zero-order valence-electron chi connectivity index (χ0n) is 12.1. The fraction of sp³-hybridized carbons (Fsp3) is 0. The fourth-order valence-electron chi connectivity index (χ4n) is 2.74. The van der Waals surface area contributed by atoms with Crippen molar-refractivity contribution in [3.05, 3.63) is 72.8 Å². The predicted molar refractivity (Wildman–Crippen MR) is 88.6 cm³/mol. The summed E-state index contributed by atoms with van der Waals surface area (Å²) in [7, 11) is 0. The highest BCUT2D eigenvalue weighted by molar-refractivity contribution is 5.95. The van der Waals surface area contributed by atoms with Crippen LogP contribution in [-0.4, -0.2) is 15.1 Å². The van der Waals surface area contributed by atoms with Crippen molar-refractivity contribution in [2.24, 2.45) is 0 Å². The Hall–Kier alpha value is -3.14. The maximum absolute atomic E-state index is 13.5. The van der Waals surface area contributed by atoms with E-state index in [4.69, 9.17) is 0 Å². The van der Waals surface area contributed by atoms with E-state index in [1.165, 1.54) is 12.1 Å². The number of hydrogen-bond donors (Lipinski definition) is 2. The van der Waals surface area contributed by atoms with Gasteiger partial charge in [0.2, 0.25) is 0 Å². The van der Waals surface area contributed by atoms with Gasteiger partial charge in [-0.2, -0.15) is 0 Å². The number of fused-ring (bicyclic) bond motifs is 1. The maximum atomic E-state index is 13.5. The molecule has 3 nitrogen and oxygen atoms in total. The van der Waals surface area contributed by atoms with E-state index in [1.807, 2.05) is 24.4 Å². The average molecular weight is 304 g/mol. The van der Waals surface area contributed by atoms with E-state index >= 15 is 0 Å². The molecule has 2 heterocycles. The third kappa shape index (κ3) is 2.44. The van der Waals surface area contributed by atoms with Crippen molar-refractivity contribution in [1.82, 2.24) is 9.97 Å². The van der Waals surface area contributed by atoms with Crippen LogP contribution >= 0.6 is 0 Å². The summed E-state index contributed by atoms with van der Waals surface area (Å²) in [6.07, 6.45) is 3.58. The van der Waals surface area contributed by atoms with Crippen molar-refractivity contribution in [3.8, 4) is 28.0 Å². The third-order valence-corrected chi connectivity index (χ3v) is 3.85. The number of phenolic OH excluding ortho intramolecular Hbond substituents is 1. The molecule has 2 aromatic carbocycles. The van der Waals surface area contributed by atoms with Gasteiger partial charge < -0.3 is 10.1 Å². The molecule has 0 fully saturated rings. The van der Waals surface area contributed by atoms with Gasteiger partial charge in [-0.05, 0) is 41.5 Å². The van der Waals surface area contributed by atoms with Crippen molar-refractivity contribution in [2.45, 2.75) is 0 Å². The highest BCUT2D eigenvalue weighted by atomic mass is 19.1. The second-order valence-electron chi connectivity index (χ2n) is 5.38. The second-order valence-corrected chi connectivity index (χ2v) is 5.38. The molecule has 4 aromatic rings. The average Bonchev–Trinajstić information content (AvgIpc) is 2.98. The van der Waals surface area contributed by atoms with Crippen LogP contribution in [0.15, 0.2) is 67.0 Å². The van der Waals surface area contributed by atoms with Crippen LogP contribution in [-0.2, 0) is 0 Å². The van der Waals surface area contributed by atoms with E-state index in [0.29, 0.717) is 0 Å². The zero-order valence-corrected chi connectivity index (χ0v) is 12.1. The molecule has 0 spiro atoms. The van der Waals surface area contributed by atoms with Gasteiger partial charge in [0.1, 0.15) is 17.2 Å². The third-order valence-electron chi connectivity index (χ3n) is 3.85. The number of aromatic nitrogens is 2. The lowest BCUT2D eigenvalue weighted by Gasteiger charge is -2.04. The lowest BCUT2D eigenvalue weighted by atomic mass is 10.0. The number of pyridine rings is 1. The number of halogens is 1. The van der Waals surface area contributed by atoms with Gasteiger partial charge >= 0.3 is 0 Å². The number of benzene rings is 2. The van der Waals surface area contributed by atoms with E-state index in [9.17, 15) is 9.50 Å². The van der Waals surface area contributed by atoms with Crippen LogP contribution in [0.4, 0.5) is 4.39 Å². The van der Waals surface area contributed by atoms with Gasteiger partial charge in [0, 0.05) is 28.9 Å². The molecule has 0 saturated carbocycles. The van der Waals surface area contributed by atoms with Crippen LogP contribution in [0.5, 0.6) is 5.75 Å². The fourth-order valence-corrected chi connectivity index (χ4v) is 2.74. The number of nitrogens with zero attached hydrogens (tertiary/aromatic N) is 1. The Morgan fingerprint density at radius 2 is 1.74 bits per heavy atom. The molecule has 112 valence electrons. The molecule has 0 unspecified atom stereocenters. The zero-order chi connectivity index (χ0) is 15.8. The summed E-state index contributed by atoms with van der Waals surface area (Å²) in [4.78, 5) is 7.54. The normalized spacial score (nSPS) is 11.0. The predicted octanol–water partition coefficient (Wildman–Crippen LogP) is 4.74. The molecule has 0 aliphatic heterocycles. The van der Waals surface area contributed by atoms with Crippen molar-refractivity contribution < 1.29 is 9.50 Å². The van der Waals surface area contributed by atoms with E-state index in [-0.39, 0.29) is 11.6 Å². The number of nitrogens with one attached hydrogen (secondary N) is 1. The minimum absolute atomic E-state index is 0.210. The summed E-state index contributed by atoms with van der Waals surface area (Å²) in [6.45, 7) is 0. The van der Waals surface area contributed by atoms with Crippen molar-refractivity contribution >= 4 is 11.0 Å². The number of H-pyrrole nitrogens is 1. The van der Waals surface area contributed by atoms with Gasteiger partial charge in [0.05, 0.1) is 0 Å². The van der Waals surface area contributed by atoms with Gasteiger partial charge in [-0.1, -0.05) is 24.3 Å². The first kappa shape index (κ1) is 13.5. The quantitative estimate of drug-likeness (QED) is 0.562. The molecule has 0 aliphatic rings. The van der Waals surface area contributed by atoms with E-state index in [1.54, 1.807) is 30.5 Å². The van der Waals surface area contributed by atoms with Crippen LogP contribution in [0.1, 0.15) is 0 Å². The summed E-state index contributed by atoms with van der Waals surface area (Å²) in [5.74, 6) is -0.0593. The standard InChI is InChI=1S/C19H13FN2O/c20-15-5-1-4-13(7-15)18-11-22-19-17(18)9-14(10-21-19)12-3-2-6-16(23)8-12/h1-11,23H,(H,21,22). The highest BCUT2D eigenvalue weighted by Gasteiger charge is 2.10. The molecule has 0 aliphatic carbocycles. The lowest BCUT2D eigenvalue weighted by Crippen LogP contribution is -1.83. The topological polar surface area (TPSA) is 48.9 Å². The van der Waals surface area contributed by atoms with Crippen molar-refractivity contribution in [1.29, 1.82) is 0 Å². The minimum atomic E-state index is -0.269. The first-order valence-corrected chi connectivity index (χ1v) is 7.23. The van der Waals surface area contributed by atoms with Crippen LogP contribution in [0.25, 0.3) is 33.3 Å². The molecule has 0 atom stereocenters. The summed E-state index contributed by atoms with van der Waals surface area (Å²) in [6, 6.07) is 15.5. The Morgan fingerprint density at radius 1 is 0.913 bits per heavy atom. The van der Waals surface area contributed by atoms with Gasteiger partial charge in [0.25, 0.3) is 0 Å². The van der Waals surface area contributed by atoms with Crippen LogP contribution < -0.4 is 0 Å². The van der Waals surface area contributed by atoms with Crippen LogP contribution in [0, 0.1) is 5.82 Å². The monoisotopic (exact) mass is 304 g/mol. The molecule has 4 rings (SSSR count). The van der Waals surface area contributed by atoms with Gasteiger partial charge in [-0.3, -0.25) is 0 Å². The SMILES string of the molecule is Oc1cccc(-c2cnc3[nH]cc(-c4cccc(F)c4)c3c2)c1. The number of aromatic hydroxyl groups is 1. The van der Waals surface area contributed by atoms with Crippen molar-refractivity contribution in [3.63, 3.8) is 0 Å². The first-order chi connectivity index (χ1) is 11.2. The smallest absolute Gasteiger partial charge is 0.137 e. The van der Waals surface area contributed by atoms with Gasteiger partial charge in [0.15, 0.2) is 0 Å². The Labute approximate surface area is 132 Å². The van der Waals surface area contributed by atoms with Crippen LogP contribution in [0.2, 0.25) is 0 Å².